The number of nitrogens with zero attached hydrogens (tertiary/aromatic N) is 8. The summed E-state index contributed by atoms with van der Waals surface area (Å²) in [5.41, 5.74) is 23.4. The van der Waals surface area contributed by atoms with Gasteiger partial charge in [0.25, 0.3) is 11.8 Å². The molecular weight excluding hydrogens is 532 g/mol. The van der Waals surface area contributed by atoms with E-state index in [0.717, 1.165) is 0 Å². The molecule has 0 saturated heterocycles. The molecule has 2 amide bonds. The lowest BCUT2D eigenvalue weighted by molar-refractivity contribution is 0.0923. The van der Waals surface area contributed by atoms with Gasteiger partial charge >= 0.3 is 0 Å². The number of rotatable bonds is 9. The maximum Gasteiger partial charge on any atom is 0.272 e. The Morgan fingerprint density at radius 1 is 0.763 bits per heavy atom. The van der Waals surface area contributed by atoms with Crippen LogP contribution in [0.3, 0.4) is 0 Å². The van der Waals surface area contributed by atoms with Crippen molar-refractivity contribution in [1.29, 1.82) is 0 Å². The van der Waals surface area contributed by atoms with Crippen molar-refractivity contribution in [2.75, 3.05) is 13.1 Å². The van der Waals surface area contributed by atoms with Crippen LogP contribution in [0.4, 0.5) is 0 Å². The van der Waals surface area contributed by atoms with Crippen LogP contribution in [0.2, 0.25) is 0 Å². The molecule has 4 rings (SSSR count). The van der Waals surface area contributed by atoms with Crippen LogP contribution >= 0.6 is 22.7 Å². The zero-order valence-corrected chi connectivity index (χ0v) is 21.9. The van der Waals surface area contributed by atoms with Gasteiger partial charge in [0.1, 0.15) is 11.4 Å². The van der Waals surface area contributed by atoms with Crippen molar-refractivity contribution in [2.24, 2.45) is 43.3 Å². The molecule has 0 aliphatic heterocycles. The number of hydrogen-bond donors (Lipinski definition) is 6. The number of guanidine groups is 2. The average Bonchev–Trinajstić information content (AvgIpc) is 3.63. The zero-order chi connectivity index (χ0) is 27.4. The van der Waals surface area contributed by atoms with Crippen molar-refractivity contribution >= 4 is 67.8 Å². The fraction of sp³-hybridized carbons (Fsp3) is 0.200. The molecule has 0 aliphatic rings. The van der Waals surface area contributed by atoms with Gasteiger partial charge in [-0.25, -0.2) is 9.97 Å². The van der Waals surface area contributed by atoms with Gasteiger partial charge in [0.15, 0.2) is 21.3 Å². The van der Waals surface area contributed by atoms with Gasteiger partial charge in [-0.2, -0.15) is 10.2 Å². The number of carbonyl (C=O) groups is 2. The lowest BCUT2D eigenvalue weighted by Crippen LogP contribution is -2.36. The van der Waals surface area contributed by atoms with Gasteiger partial charge in [0.05, 0.1) is 11.4 Å². The third kappa shape index (κ3) is 5.44. The lowest BCUT2D eigenvalue weighted by atomic mass is 10.2. The number of aromatic nitrogens is 4. The monoisotopic (exact) mass is 556 g/mol. The summed E-state index contributed by atoms with van der Waals surface area (Å²) in [6.45, 7) is 3.57. The van der Waals surface area contributed by atoms with E-state index in [9.17, 15) is 9.59 Å². The van der Waals surface area contributed by atoms with Gasteiger partial charge in [-0.05, 0) is 13.8 Å². The van der Waals surface area contributed by atoms with Crippen LogP contribution in [0.25, 0.3) is 9.92 Å². The summed E-state index contributed by atoms with van der Waals surface area (Å²) in [7, 11) is 0. The molecule has 0 saturated carbocycles. The molecule has 4 heterocycles. The first-order valence-electron chi connectivity index (χ1n) is 10.9. The summed E-state index contributed by atoms with van der Waals surface area (Å²) in [6, 6.07) is 0. The van der Waals surface area contributed by atoms with Crippen LogP contribution in [0, 0.1) is 0 Å². The average molecular weight is 557 g/mol. The van der Waals surface area contributed by atoms with E-state index in [4.69, 9.17) is 22.9 Å². The first kappa shape index (κ1) is 26.2. The second kappa shape index (κ2) is 11.0. The number of thiazole rings is 2. The third-order valence-electron chi connectivity index (χ3n) is 4.97. The summed E-state index contributed by atoms with van der Waals surface area (Å²) in [5.74, 6) is -1.33. The topological polar surface area (TPSA) is 246 Å². The maximum absolute atomic E-state index is 12.9. The molecule has 10 N–H and O–H groups in total. The van der Waals surface area contributed by atoms with E-state index in [0.29, 0.717) is 32.7 Å². The van der Waals surface area contributed by atoms with Crippen LogP contribution in [0.5, 0.6) is 0 Å². The van der Waals surface area contributed by atoms with E-state index < -0.39 is 11.8 Å². The fourth-order valence-electron chi connectivity index (χ4n) is 3.46. The molecule has 18 heteroatoms. The molecule has 0 aromatic carbocycles. The number of hydrogen-bond acceptors (Lipinski definition) is 10. The largest absolute Gasteiger partial charge is 0.369 e. The smallest absolute Gasteiger partial charge is 0.272 e. The van der Waals surface area contributed by atoms with E-state index in [-0.39, 0.29) is 36.4 Å². The van der Waals surface area contributed by atoms with Crippen molar-refractivity contribution in [3.63, 3.8) is 0 Å². The Hall–Kier alpha value is -4.84. The quantitative estimate of drug-likeness (QED) is 0.0661. The fourth-order valence-corrected chi connectivity index (χ4v) is 4.89. The van der Waals surface area contributed by atoms with Gasteiger partial charge in [-0.3, -0.25) is 18.4 Å². The van der Waals surface area contributed by atoms with Gasteiger partial charge in [0.2, 0.25) is 11.9 Å². The summed E-state index contributed by atoms with van der Waals surface area (Å²) >= 11 is 2.71. The van der Waals surface area contributed by atoms with Gasteiger partial charge in [-0.1, -0.05) is 0 Å². The third-order valence-corrected chi connectivity index (χ3v) is 6.48. The van der Waals surface area contributed by atoms with E-state index in [1.807, 2.05) is 10.8 Å². The zero-order valence-electron chi connectivity index (χ0n) is 20.2. The highest BCUT2D eigenvalue weighted by Crippen LogP contribution is 2.20. The van der Waals surface area contributed by atoms with Gasteiger partial charge < -0.3 is 33.6 Å². The van der Waals surface area contributed by atoms with E-state index in [2.05, 4.69) is 41.0 Å². The van der Waals surface area contributed by atoms with Gasteiger partial charge in [-0.15, -0.1) is 32.9 Å². The minimum atomic E-state index is -0.451. The first-order valence-corrected chi connectivity index (χ1v) is 12.7. The van der Waals surface area contributed by atoms with Crippen molar-refractivity contribution < 1.29 is 9.59 Å². The Labute approximate surface area is 222 Å². The number of fused-ring (bicyclic) bond motifs is 2. The minimum absolute atomic E-state index is 0.123. The maximum atomic E-state index is 12.9. The highest BCUT2D eigenvalue weighted by molar-refractivity contribution is 7.15. The van der Waals surface area contributed by atoms with Crippen molar-refractivity contribution in [3.8, 4) is 0 Å². The SMILES string of the molecule is C/C(=N\N=C(N)N)c1c(C(=O)NCCNC(=O)c2nc3sccn3c2/C(C)=N/N=C(N)N)nc2sccn12. The van der Waals surface area contributed by atoms with Crippen molar-refractivity contribution in [3.05, 3.63) is 45.9 Å². The number of amides is 2. The molecule has 0 unspecified atom stereocenters. The standard InChI is InChI=1S/C20H24N14O2S2/c1-9(29-31-17(21)22)13-11(27-19-33(13)5-7-37-19)15(35)25-3-4-26-16(36)12-14(10(2)30-32-18(23)24)34-6-8-38-20(34)28-12/h5-8H,3-4H2,1-2H3,(H,25,35)(H,26,36)(H4,21,22,31)(H4,23,24,32)/b29-9+,30-10+. The van der Waals surface area contributed by atoms with Crippen LogP contribution in [-0.2, 0) is 0 Å². The van der Waals surface area contributed by atoms with Crippen LogP contribution in [0.15, 0.2) is 43.6 Å². The molecule has 0 aliphatic carbocycles. The second-order valence-electron chi connectivity index (χ2n) is 7.66. The van der Waals surface area contributed by atoms with Crippen LogP contribution in [-0.4, -0.2) is 67.0 Å². The predicted octanol–water partition coefficient (Wildman–Crippen LogP) is -0.740. The van der Waals surface area contributed by atoms with Crippen molar-refractivity contribution in [1.82, 2.24) is 29.4 Å². The Balaban J connectivity index is 1.45. The van der Waals surface area contributed by atoms with Crippen molar-refractivity contribution in [2.45, 2.75) is 13.8 Å². The highest BCUT2D eigenvalue weighted by atomic mass is 32.1. The van der Waals surface area contributed by atoms with Crippen LogP contribution in [0.1, 0.15) is 46.2 Å². The molecule has 0 radical (unpaired) electrons. The first-order chi connectivity index (χ1) is 18.2. The summed E-state index contributed by atoms with van der Waals surface area (Å²) in [4.78, 5) is 35.9. The number of imidazole rings is 2. The molecule has 38 heavy (non-hydrogen) atoms. The number of nitrogens with two attached hydrogens (primary N) is 4. The molecule has 4 aromatic heterocycles. The predicted molar refractivity (Wildman–Crippen MR) is 147 cm³/mol. The molecule has 0 bridgehead atoms. The van der Waals surface area contributed by atoms with E-state index in [1.165, 1.54) is 22.7 Å². The van der Waals surface area contributed by atoms with E-state index in [1.54, 1.807) is 35.0 Å². The minimum Gasteiger partial charge on any atom is -0.369 e. The van der Waals surface area contributed by atoms with Crippen LogP contribution < -0.4 is 33.6 Å². The summed E-state index contributed by atoms with van der Waals surface area (Å²) in [5, 5.41) is 24.4. The number of nitrogens with one attached hydrogen (secondary N) is 2. The van der Waals surface area contributed by atoms with Gasteiger partial charge in [0, 0.05) is 36.2 Å². The molecular formula is C20H24N14O2S2. The molecule has 0 atom stereocenters. The molecule has 16 nitrogen and oxygen atoms in total. The molecule has 0 fully saturated rings. The second-order valence-corrected chi connectivity index (χ2v) is 9.41. The Kier molecular flexibility index (Phi) is 7.63. The molecule has 198 valence electrons. The Morgan fingerprint density at radius 2 is 1.16 bits per heavy atom. The molecule has 4 aromatic rings. The van der Waals surface area contributed by atoms with E-state index >= 15 is 0 Å². The number of carbonyl (C=O) groups excluding carboxylic acids is 2. The lowest BCUT2D eigenvalue weighted by Gasteiger charge is -2.08. The highest BCUT2D eigenvalue weighted by Gasteiger charge is 2.23. The molecule has 0 spiro atoms. The summed E-state index contributed by atoms with van der Waals surface area (Å²) in [6.07, 6.45) is 3.53. The normalized spacial score (nSPS) is 12.1. The Bertz CT molecular complexity index is 1500. The Morgan fingerprint density at radius 3 is 1.53 bits per heavy atom. The summed E-state index contributed by atoms with van der Waals surface area (Å²) < 4.78 is 3.45.